The van der Waals surface area contributed by atoms with E-state index in [0.717, 1.165) is 11.0 Å². The summed E-state index contributed by atoms with van der Waals surface area (Å²) in [4.78, 5) is 4.37. The minimum atomic E-state index is -0.336. The Kier molecular flexibility index (Phi) is 2.64. The molecule has 0 bridgehead atoms. The third-order valence-corrected chi connectivity index (χ3v) is 3.16. The summed E-state index contributed by atoms with van der Waals surface area (Å²) >= 11 is 0. The van der Waals surface area contributed by atoms with Gasteiger partial charge in [0.25, 0.3) is 0 Å². The number of hydrogen-bond donors (Lipinski definition) is 1. The maximum atomic E-state index is 5.70. The van der Waals surface area contributed by atoms with Crippen LogP contribution < -0.4 is 5.73 Å². The Hall–Kier alpha value is -2.14. The first-order chi connectivity index (χ1) is 9.10. The fourth-order valence-corrected chi connectivity index (χ4v) is 1.78. The van der Waals surface area contributed by atoms with Crippen LogP contribution in [-0.2, 0) is 5.41 Å². The van der Waals surface area contributed by atoms with Gasteiger partial charge in [-0.15, -0.1) is 0 Å². The first kappa shape index (κ1) is 11.9. The molecule has 0 radical (unpaired) electrons. The van der Waals surface area contributed by atoms with Crippen molar-refractivity contribution in [2.45, 2.75) is 19.3 Å². The van der Waals surface area contributed by atoms with Gasteiger partial charge in [0.15, 0.2) is 5.76 Å². The molecule has 0 atom stereocenters. The van der Waals surface area contributed by atoms with Crippen molar-refractivity contribution in [3.63, 3.8) is 0 Å². The minimum absolute atomic E-state index is 0.336. The summed E-state index contributed by atoms with van der Waals surface area (Å²) in [5.41, 5.74) is 6.17. The maximum Gasteiger partial charge on any atom is 0.238 e. The van der Waals surface area contributed by atoms with Gasteiger partial charge in [-0.25, -0.2) is 0 Å². The fourth-order valence-electron chi connectivity index (χ4n) is 1.78. The van der Waals surface area contributed by atoms with E-state index in [2.05, 4.69) is 10.1 Å². The quantitative estimate of drug-likeness (QED) is 0.780. The smallest absolute Gasteiger partial charge is 0.238 e. The average molecular weight is 257 g/mol. The van der Waals surface area contributed by atoms with Gasteiger partial charge in [0, 0.05) is 11.9 Å². The Balaban J connectivity index is 2.03. The Morgan fingerprint density at radius 2 is 2.05 bits per heavy atom. The molecule has 3 aromatic rings. The van der Waals surface area contributed by atoms with E-state index in [9.17, 15) is 0 Å². The lowest BCUT2D eigenvalue weighted by Crippen LogP contribution is -2.28. The molecule has 0 aliphatic carbocycles. The summed E-state index contributed by atoms with van der Waals surface area (Å²) in [5, 5.41) is 4.98. The lowest BCUT2D eigenvalue weighted by atomic mass is 9.94. The van der Waals surface area contributed by atoms with Gasteiger partial charge in [-0.05, 0) is 26.0 Å². The van der Waals surface area contributed by atoms with Crippen molar-refractivity contribution in [2.75, 3.05) is 6.54 Å². The monoisotopic (exact) mass is 257 g/mol. The second-order valence-corrected chi connectivity index (χ2v) is 5.16. The molecule has 0 amide bonds. The van der Waals surface area contributed by atoms with E-state index >= 15 is 0 Å². The SMILES string of the molecule is CC(C)(CN)c1nc(-c2cc3ccccc3o2)no1. The first-order valence-electron chi connectivity index (χ1n) is 6.13. The second kappa shape index (κ2) is 4.20. The standard InChI is InChI=1S/C14H15N3O2/c1-14(2,8-15)13-16-12(17-19-13)11-7-9-5-3-4-6-10(9)18-11/h3-7H,8,15H2,1-2H3. The van der Waals surface area contributed by atoms with Crippen LogP contribution in [0.2, 0.25) is 0 Å². The van der Waals surface area contributed by atoms with E-state index in [1.807, 2.05) is 44.2 Å². The van der Waals surface area contributed by atoms with Crippen molar-refractivity contribution >= 4 is 11.0 Å². The zero-order chi connectivity index (χ0) is 13.5. The molecule has 19 heavy (non-hydrogen) atoms. The molecule has 3 rings (SSSR count). The lowest BCUT2D eigenvalue weighted by Gasteiger charge is -2.15. The van der Waals surface area contributed by atoms with Gasteiger partial charge < -0.3 is 14.7 Å². The summed E-state index contributed by atoms with van der Waals surface area (Å²) in [6, 6.07) is 9.67. The van der Waals surface area contributed by atoms with Crippen molar-refractivity contribution in [1.29, 1.82) is 0 Å². The summed E-state index contributed by atoms with van der Waals surface area (Å²) in [7, 11) is 0. The molecule has 0 spiro atoms. The number of aromatic nitrogens is 2. The minimum Gasteiger partial charge on any atom is -0.453 e. The van der Waals surface area contributed by atoms with Gasteiger partial charge in [-0.1, -0.05) is 23.4 Å². The average Bonchev–Trinajstić information content (AvgIpc) is 3.05. The Labute approximate surface area is 110 Å². The van der Waals surface area contributed by atoms with Crippen LogP contribution in [0.4, 0.5) is 0 Å². The summed E-state index contributed by atoms with van der Waals surface area (Å²) in [6.45, 7) is 4.36. The highest BCUT2D eigenvalue weighted by molar-refractivity contribution is 5.81. The lowest BCUT2D eigenvalue weighted by molar-refractivity contribution is 0.311. The van der Waals surface area contributed by atoms with Crippen LogP contribution in [-0.4, -0.2) is 16.7 Å². The van der Waals surface area contributed by atoms with Crippen molar-refractivity contribution in [3.8, 4) is 11.6 Å². The molecule has 2 N–H and O–H groups in total. The van der Waals surface area contributed by atoms with E-state index in [1.54, 1.807) is 0 Å². The molecule has 2 aromatic heterocycles. The normalized spacial score (nSPS) is 12.2. The molecule has 5 nitrogen and oxygen atoms in total. The number of nitrogens with zero attached hydrogens (tertiary/aromatic N) is 2. The highest BCUT2D eigenvalue weighted by atomic mass is 16.5. The van der Waals surface area contributed by atoms with Crippen molar-refractivity contribution < 1.29 is 8.94 Å². The van der Waals surface area contributed by atoms with Crippen LogP contribution in [0.5, 0.6) is 0 Å². The van der Waals surface area contributed by atoms with Gasteiger partial charge in [0.1, 0.15) is 5.58 Å². The number of nitrogens with two attached hydrogens (primary N) is 1. The number of rotatable bonds is 3. The molecule has 2 heterocycles. The number of hydrogen-bond acceptors (Lipinski definition) is 5. The van der Waals surface area contributed by atoms with Gasteiger partial charge in [-0.2, -0.15) is 4.98 Å². The highest BCUT2D eigenvalue weighted by Crippen LogP contribution is 2.28. The molecule has 0 aliphatic heterocycles. The van der Waals surface area contributed by atoms with Gasteiger partial charge in [-0.3, -0.25) is 0 Å². The summed E-state index contributed by atoms with van der Waals surface area (Å²) in [5.74, 6) is 1.57. The van der Waals surface area contributed by atoms with Gasteiger partial charge in [0.2, 0.25) is 11.7 Å². The van der Waals surface area contributed by atoms with Crippen LogP contribution in [0.15, 0.2) is 39.3 Å². The number of benzene rings is 1. The van der Waals surface area contributed by atoms with Crippen molar-refractivity contribution in [3.05, 3.63) is 36.2 Å². The maximum absolute atomic E-state index is 5.70. The van der Waals surface area contributed by atoms with Crippen molar-refractivity contribution in [2.24, 2.45) is 5.73 Å². The summed E-state index contributed by atoms with van der Waals surface area (Å²) < 4.78 is 11.0. The molecule has 98 valence electrons. The topological polar surface area (TPSA) is 78.1 Å². The van der Waals surface area contributed by atoms with Crippen LogP contribution in [0.25, 0.3) is 22.6 Å². The first-order valence-corrected chi connectivity index (χ1v) is 6.13. The van der Waals surface area contributed by atoms with Crippen LogP contribution in [0, 0.1) is 0 Å². The third kappa shape index (κ3) is 2.02. The van der Waals surface area contributed by atoms with Crippen molar-refractivity contribution in [1.82, 2.24) is 10.1 Å². The van der Waals surface area contributed by atoms with Gasteiger partial charge in [0.05, 0.1) is 5.41 Å². The Bertz CT molecular complexity index is 679. The van der Waals surface area contributed by atoms with Crippen LogP contribution in [0.3, 0.4) is 0 Å². The molecule has 0 aliphatic rings. The second-order valence-electron chi connectivity index (χ2n) is 5.16. The summed E-state index contributed by atoms with van der Waals surface area (Å²) in [6.07, 6.45) is 0. The molecule has 0 unspecified atom stereocenters. The Morgan fingerprint density at radius 3 is 2.79 bits per heavy atom. The Morgan fingerprint density at radius 1 is 1.26 bits per heavy atom. The number of para-hydroxylation sites is 1. The molecule has 1 aromatic carbocycles. The predicted molar refractivity (Wildman–Crippen MR) is 71.6 cm³/mol. The zero-order valence-electron chi connectivity index (χ0n) is 10.9. The molecular weight excluding hydrogens is 242 g/mol. The van der Waals surface area contributed by atoms with E-state index < -0.39 is 0 Å². The van der Waals surface area contributed by atoms with E-state index in [1.165, 1.54) is 0 Å². The van der Waals surface area contributed by atoms with E-state index in [0.29, 0.717) is 24.0 Å². The molecular formula is C14H15N3O2. The van der Waals surface area contributed by atoms with E-state index in [4.69, 9.17) is 14.7 Å². The number of furan rings is 1. The van der Waals surface area contributed by atoms with Crippen LogP contribution in [0.1, 0.15) is 19.7 Å². The zero-order valence-corrected chi connectivity index (χ0v) is 10.9. The molecule has 5 heteroatoms. The molecule has 0 saturated heterocycles. The van der Waals surface area contributed by atoms with Gasteiger partial charge >= 0.3 is 0 Å². The van der Waals surface area contributed by atoms with E-state index in [-0.39, 0.29) is 5.41 Å². The highest BCUT2D eigenvalue weighted by Gasteiger charge is 2.27. The largest absolute Gasteiger partial charge is 0.453 e. The fraction of sp³-hybridized carbons (Fsp3) is 0.286. The number of fused-ring (bicyclic) bond motifs is 1. The third-order valence-electron chi connectivity index (χ3n) is 3.16. The predicted octanol–water partition coefficient (Wildman–Crippen LogP) is 2.72. The van der Waals surface area contributed by atoms with Crippen LogP contribution >= 0.6 is 0 Å². The molecule has 0 fully saturated rings. The molecule has 0 saturated carbocycles.